The first-order chi connectivity index (χ1) is 5.11. The van der Waals surface area contributed by atoms with E-state index in [2.05, 4.69) is 4.98 Å². The normalized spacial score (nSPS) is 9.64. The van der Waals surface area contributed by atoms with Crippen molar-refractivity contribution in [3.63, 3.8) is 0 Å². The summed E-state index contributed by atoms with van der Waals surface area (Å²) in [5, 5.41) is 8.80. The molecule has 1 aromatic heterocycles. The lowest BCUT2D eigenvalue weighted by Crippen LogP contribution is -1.99. The molecule has 0 aliphatic heterocycles. The summed E-state index contributed by atoms with van der Waals surface area (Å²) in [6.45, 7) is 0. The number of aromatic nitrogens is 1. The molecule has 1 rings (SSSR count). The second-order valence-electron chi connectivity index (χ2n) is 1.79. The van der Waals surface area contributed by atoms with Gasteiger partial charge in [-0.2, -0.15) is 0 Å². The minimum Gasteiger partial charge on any atom is -0.478 e. The number of halogens is 2. The van der Waals surface area contributed by atoms with Crippen molar-refractivity contribution < 1.29 is 9.90 Å². The quantitative estimate of drug-likeness (QED) is 0.634. The fourth-order valence-corrected chi connectivity index (χ4v) is 1.26. The highest BCUT2D eigenvalue weighted by molar-refractivity contribution is 14.1. The second kappa shape index (κ2) is 3.36. The Morgan fingerprint density at radius 1 is 1.73 bits per heavy atom. The number of nitrogens with zero attached hydrogens (tertiary/aromatic N) is 1. The summed E-state index contributed by atoms with van der Waals surface area (Å²) in [5.41, 5.74) is 0.186. The van der Waals surface area contributed by atoms with E-state index in [1.165, 1.54) is 12.3 Å². The SMILES string of the molecule is O=C(O)c1cc(Cl)ncc1I. The van der Waals surface area contributed by atoms with Gasteiger partial charge in [-0.05, 0) is 28.7 Å². The van der Waals surface area contributed by atoms with Crippen LogP contribution in [-0.2, 0) is 0 Å². The van der Waals surface area contributed by atoms with E-state index < -0.39 is 5.97 Å². The lowest BCUT2D eigenvalue weighted by Gasteiger charge is -1.96. The molecule has 0 saturated heterocycles. The van der Waals surface area contributed by atoms with E-state index in [1.807, 2.05) is 22.6 Å². The first-order valence-electron chi connectivity index (χ1n) is 2.65. The highest BCUT2D eigenvalue weighted by atomic mass is 127. The summed E-state index contributed by atoms with van der Waals surface area (Å²) < 4.78 is 0.583. The average molecular weight is 283 g/mol. The third-order valence-electron chi connectivity index (χ3n) is 1.05. The lowest BCUT2D eigenvalue weighted by molar-refractivity contribution is 0.0695. The molecule has 0 unspecified atom stereocenters. The van der Waals surface area contributed by atoms with Crippen molar-refractivity contribution in [1.82, 2.24) is 4.98 Å². The molecule has 3 nitrogen and oxygen atoms in total. The zero-order chi connectivity index (χ0) is 8.43. The molecule has 0 aromatic carbocycles. The van der Waals surface area contributed by atoms with E-state index in [9.17, 15) is 4.79 Å². The predicted molar refractivity (Wildman–Crippen MR) is 48.9 cm³/mol. The van der Waals surface area contributed by atoms with Crippen LogP contribution in [0.5, 0.6) is 0 Å². The Hall–Kier alpha value is -0.360. The van der Waals surface area contributed by atoms with Crippen molar-refractivity contribution in [3.05, 3.63) is 26.5 Å². The molecule has 11 heavy (non-hydrogen) atoms. The van der Waals surface area contributed by atoms with Gasteiger partial charge in [-0.1, -0.05) is 11.6 Å². The van der Waals surface area contributed by atoms with E-state index >= 15 is 0 Å². The van der Waals surface area contributed by atoms with Crippen molar-refractivity contribution in [2.24, 2.45) is 0 Å². The second-order valence-corrected chi connectivity index (χ2v) is 3.34. The standard InChI is InChI=1S/C6H3ClINO2/c7-5-1-3(6(10)11)4(8)2-9-5/h1-2H,(H,10,11). The Balaban J connectivity index is 3.23. The molecule has 0 amide bonds. The number of carboxylic acid groups (broad SMARTS) is 1. The maximum atomic E-state index is 10.5. The first kappa shape index (κ1) is 8.73. The number of carbonyl (C=O) groups is 1. The third-order valence-corrected chi connectivity index (χ3v) is 2.12. The molecule has 5 heteroatoms. The van der Waals surface area contributed by atoms with Gasteiger partial charge in [0.25, 0.3) is 0 Å². The molecule has 0 aliphatic rings. The minimum absolute atomic E-state index is 0.186. The number of aromatic carboxylic acids is 1. The van der Waals surface area contributed by atoms with Gasteiger partial charge in [0.2, 0.25) is 0 Å². The van der Waals surface area contributed by atoms with E-state index in [1.54, 1.807) is 0 Å². The van der Waals surface area contributed by atoms with Gasteiger partial charge in [-0.3, -0.25) is 0 Å². The Morgan fingerprint density at radius 3 is 2.82 bits per heavy atom. The van der Waals surface area contributed by atoms with E-state index in [4.69, 9.17) is 16.7 Å². The topological polar surface area (TPSA) is 50.2 Å². The van der Waals surface area contributed by atoms with Gasteiger partial charge in [0.1, 0.15) is 5.15 Å². The smallest absolute Gasteiger partial charge is 0.336 e. The Kier molecular flexibility index (Phi) is 2.67. The molecule has 0 saturated carbocycles. The maximum absolute atomic E-state index is 10.5. The molecule has 0 spiro atoms. The average Bonchev–Trinajstić information content (AvgIpc) is 1.94. The van der Waals surface area contributed by atoms with Crippen LogP contribution in [-0.4, -0.2) is 16.1 Å². The van der Waals surface area contributed by atoms with Crippen molar-refractivity contribution in [2.75, 3.05) is 0 Å². The lowest BCUT2D eigenvalue weighted by atomic mass is 10.3. The van der Waals surface area contributed by atoms with E-state index in [0.717, 1.165) is 0 Å². The molecule has 58 valence electrons. The van der Waals surface area contributed by atoms with Crippen LogP contribution in [0, 0.1) is 3.57 Å². The van der Waals surface area contributed by atoms with Crippen molar-refractivity contribution in [1.29, 1.82) is 0 Å². The summed E-state index contributed by atoms with van der Waals surface area (Å²) in [6, 6.07) is 1.33. The summed E-state index contributed by atoms with van der Waals surface area (Å²) in [5.74, 6) is -0.987. The van der Waals surface area contributed by atoms with Crippen molar-refractivity contribution >= 4 is 40.2 Å². The van der Waals surface area contributed by atoms with Crippen molar-refractivity contribution in [3.8, 4) is 0 Å². The van der Waals surface area contributed by atoms with Gasteiger partial charge >= 0.3 is 5.97 Å². The van der Waals surface area contributed by atoms with Crippen LogP contribution in [0.15, 0.2) is 12.3 Å². The van der Waals surface area contributed by atoms with Gasteiger partial charge in [0.15, 0.2) is 0 Å². The van der Waals surface area contributed by atoms with E-state index in [0.29, 0.717) is 3.57 Å². The van der Waals surface area contributed by atoms with Crippen LogP contribution in [0.1, 0.15) is 10.4 Å². The minimum atomic E-state index is -0.987. The molecular weight excluding hydrogens is 280 g/mol. The molecule has 0 bridgehead atoms. The monoisotopic (exact) mass is 283 g/mol. The number of hydrogen-bond donors (Lipinski definition) is 1. The molecule has 1 aromatic rings. The number of pyridine rings is 1. The van der Waals surface area contributed by atoms with Crippen LogP contribution in [0.2, 0.25) is 5.15 Å². The highest BCUT2D eigenvalue weighted by Crippen LogP contribution is 2.14. The molecule has 1 heterocycles. The fourth-order valence-electron chi connectivity index (χ4n) is 0.577. The van der Waals surface area contributed by atoms with Gasteiger partial charge in [-0.15, -0.1) is 0 Å². The van der Waals surface area contributed by atoms with Crippen LogP contribution in [0.25, 0.3) is 0 Å². The van der Waals surface area contributed by atoms with Crippen LogP contribution < -0.4 is 0 Å². The summed E-state index contributed by atoms with van der Waals surface area (Å²) in [7, 11) is 0. The summed E-state index contributed by atoms with van der Waals surface area (Å²) >= 11 is 7.37. The van der Waals surface area contributed by atoms with Crippen LogP contribution in [0.3, 0.4) is 0 Å². The number of carboxylic acids is 1. The van der Waals surface area contributed by atoms with Gasteiger partial charge < -0.3 is 5.11 Å². The largest absolute Gasteiger partial charge is 0.478 e. The number of hydrogen-bond acceptors (Lipinski definition) is 2. The van der Waals surface area contributed by atoms with Crippen LogP contribution >= 0.6 is 34.2 Å². The Bertz CT molecular complexity index is 303. The molecule has 0 aliphatic carbocycles. The fraction of sp³-hybridized carbons (Fsp3) is 0. The molecule has 0 fully saturated rings. The predicted octanol–water partition coefficient (Wildman–Crippen LogP) is 2.04. The zero-order valence-electron chi connectivity index (χ0n) is 5.21. The molecular formula is C6H3ClINO2. The Labute approximate surface area is 81.5 Å². The summed E-state index contributed by atoms with van der Waals surface area (Å²) in [6.07, 6.45) is 1.42. The van der Waals surface area contributed by atoms with Gasteiger partial charge in [0, 0.05) is 9.77 Å². The molecule has 0 radical (unpaired) electrons. The van der Waals surface area contributed by atoms with Gasteiger partial charge in [0.05, 0.1) is 5.56 Å². The van der Waals surface area contributed by atoms with Crippen LogP contribution in [0.4, 0.5) is 0 Å². The molecule has 1 N–H and O–H groups in total. The maximum Gasteiger partial charge on any atom is 0.336 e. The van der Waals surface area contributed by atoms with E-state index in [-0.39, 0.29) is 10.7 Å². The molecule has 0 atom stereocenters. The zero-order valence-corrected chi connectivity index (χ0v) is 8.13. The highest BCUT2D eigenvalue weighted by Gasteiger charge is 2.08. The van der Waals surface area contributed by atoms with Crippen molar-refractivity contribution in [2.45, 2.75) is 0 Å². The number of rotatable bonds is 1. The summed E-state index contributed by atoms with van der Waals surface area (Å²) in [4.78, 5) is 14.2. The third kappa shape index (κ3) is 2.03. The first-order valence-corrected chi connectivity index (χ1v) is 4.11. The Morgan fingerprint density at radius 2 is 2.36 bits per heavy atom. The van der Waals surface area contributed by atoms with Gasteiger partial charge in [-0.25, -0.2) is 9.78 Å².